The van der Waals surface area contributed by atoms with Gasteiger partial charge in [0.15, 0.2) is 0 Å². The van der Waals surface area contributed by atoms with Gasteiger partial charge in [0.25, 0.3) is 0 Å². The zero-order chi connectivity index (χ0) is 12.3. The first kappa shape index (κ1) is 11.9. The van der Waals surface area contributed by atoms with Crippen molar-refractivity contribution in [2.75, 3.05) is 5.32 Å². The van der Waals surface area contributed by atoms with Crippen molar-refractivity contribution >= 4 is 23.2 Å². The first-order chi connectivity index (χ1) is 8.17. The summed E-state index contributed by atoms with van der Waals surface area (Å²) in [6, 6.07) is 9.83. The lowest BCUT2D eigenvalue weighted by molar-refractivity contribution is 1.00. The molecule has 0 unspecified atom stereocenters. The Morgan fingerprint density at radius 2 is 1.88 bits per heavy atom. The fourth-order valence-electron chi connectivity index (χ4n) is 1.47. The van der Waals surface area contributed by atoms with Crippen LogP contribution in [0.3, 0.4) is 0 Å². The lowest BCUT2D eigenvalue weighted by Crippen LogP contribution is -2.00. The van der Waals surface area contributed by atoms with Crippen LogP contribution in [0.25, 0.3) is 0 Å². The molecular weight excluding hydrogens is 234 g/mol. The van der Waals surface area contributed by atoms with Crippen molar-refractivity contribution in [3.8, 4) is 0 Å². The van der Waals surface area contributed by atoms with E-state index in [1.54, 1.807) is 6.07 Å². The average molecular weight is 248 g/mol. The molecule has 0 bridgehead atoms. The number of anilines is 2. The summed E-state index contributed by atoms with van der Waals surface area (Å²) >= 11 is 5.93. The van der Waals surface area contributed by atoms with Gasteiger partial charge in [-0.15, -0.1) is 0 Å². The second kappa shape index (κ2) is 5.15. The number of halogens is 1. The van der Waals surface area contributed by atoms with Crippen LogP contribution in [0.2, 0.25) is 5.15 Å². The van der Waals surface area contributed by atoms with E-state index in [4.69, 9.17) is 11.6 Å². The minimum Gasteiger partial charge on any atom is -0.324 e. The van der Waals surface area contributed by atoms with Crippen LogP contribution < -0.4 is 5.32 Å². The van der Waals surface area contributed by atoms with Crippen molar-refractivity contribution < 1.29 is 0 Å². The summed E-state index contributed by atoms with van der Waals surface area (Å²) in [5.41, 5.74) is 3.11. The van der Waals surface area contributed by atoms with Crippen LogP contribution in [0.4, 0.5) is 11.6 Å². The molecule has 3 nitrogen and oxygen atoms in total. The third kappa shape index (κ3) is 3.17. The first-order valence-corrected chi connectivity index (χ1v) is 5.92. The number of aryl methyl sites for hydroxylation is 2. The number of aromatic nitrogens is 2. The molecule has 88 valence electrons. The summed E-state index contributed by atoms with van der Waals surface area (Å²) in [5.74, 6) is 0.540. The van der Waals surface area contributed by atoms with Crippen molar-refractivity contribution in [2.45, 2.75) is 20.3 Å². The summed E-state index contributed by atoms with van der Waals surface area (Å²) < 4.78 is 0. The molecule has 0 saturated carbocycles. The molecule has 17 heavy (non-hydrogen) atoms. The number of nitrogens with one attached hydrogen (secondary N) is 1. The Kier molecular flexibility index (Phi) is 3.59. The molecule has 2 aromatic rings. The molecule has 0 amide bonds. The van der Waals surface area contributed by atoms with Crippen LogP contribution in [0.1, 0.15) is 18.2 Å². The fraction of sp³-hybridized carbons (Fsp3) is 0.231. The van der Waals surface area contributed by atoms with Crippen molar-refractivity contribution in [3.63, 3.8) is 0 Å². The first-order valence-electron chi connectivity index (χ1n) is 5.54. The summed E-state index contributed by atoms with van der Waals surface area (Å²) in [4.78, 5) is 8.51. The molecule has 0 saturated heterocycles. The van der Waals surface area contributed by atoms with E-state index in [1.165, 1.54) is 5.56 Å². The molecule has 0 spiro atoms. The van der Waals surface area contributed by atoms with E-state index in [1.807, 2.05) is 31.2 Å². The zero-order valence-electron chi connectivity index (χ0n) is 9.87. The fourth-order valence-corrected chi connectivity index (χ4v) is 1.67. The molecule has 1 heterocycles. The predicted molar refractivity (Wildman–Crippen MR) is 70.9 cm³/mol. The van der Waals surface area contributed by atoms with E-state index >= 15 is 0 Å². The number of rotatable bonds is 3. The van der Waals surface area contributed by atoms with Gasteiger partial charge in [-0.3, -0.25) is 0 Å². The molecule has 0 fully saturated rings. The Morgan fingerprint density at radius 1 is 1.18 bits per heavy atom. The van der Waals surface area contributed by atoms with Crippen LogP contribution in [0.15, 0.2) is 30.3 Å². The molecular formula is C13H14ClN3. The molecule has 1 aromatic heterocycles. The van der Waals surface area contributed by atoms with Gasteiger partial charge in [-0.1, -0.05) is 36.2 Å². The third-order valence-corrected chi connectivity index (χ3v) is 2.61. The Balaban J connectivity index is 2.23. The maximum atomic E-state index is 5.93. The van der Waals surface area contributed by atoms with Gasteiger partial charge in [0.05, 0.1) is 0 Å². The number of hydrogen-bond acceptors (Lipinski definition) is 3. The predicted octanol–water partition coefficient (Wildman–Crippen LogP) is 3.74. The van der Waals surface area contributed by atoms with E-state index in [9.17, 15) is 0 Å². The highest BCUT2D eigenvalue weighted by Crippen LogP contribution is 2.16. The van der Waals surface area contributed by atoms with Gasteiger partial charge in [-0.2, -0.15) is 0 Å². The largest absolute Gasteiger partial charge is 0.324 e. The highest BCUT2D eigenvalue weighted by Gasteiger charge is 2.02. The van der Waals surface area contributed by atoms with Crippen LogP contribution in [0, 0.1) is 6.92 Å². The molecule has 0 aliphatic carbocycles. The summed E-state index contributed by atoms with van der Waals surface area (Å²) in [7, 11) is 0. The number of nitrogens with zero attached hydrogens (tertiary/aromatic N) is 2. The Bertz CT molecular complexity index is 509. The topological polar surface area (TPSA) is 37.8 Å². The van der Waals surface area contributed by atoms with Gasteiger partial charge in [-0.25, -0.2) is 9.97 Å². The second-order valence-electron chi connectivity index (χ2n) is 3.85. The van der Waals surface area contributed by atoms with Crippen molar-refractivity contribution in [1.29, 1.82) is 0 Å². The number of hydrogen-bond donors (Lipinski definition) is 1. The summed E-state index contributed by atoms with van der Waals surface area (Å²) in [6.45, 7) is 4.09. The van der Waals surface area contributed by atoms with E-state index in [0.717, 1.165) is 17.8 Å². The van der Waals surface area contributed by atoms with Crippen LogP contribution in [-0.4, -0.2) is 9.97 Å². The third-order valence-electron chi connectivity index (χ3n) is 2.42. The van der Waals surface area contributed by atoms with Gasteiger partial charge in [-0.05, 0) is 31.5 Å². The van der Waals surface area contributed by atoms with Crippen LogP contribution in [0.5, 0.6) is 0 Å². The highest BCUT2D eigenvalue weighted by molar-refractivity contribution is 6.29. The minimum atomic E-state index is 0.464. The lowest BCUT2D eigenvalue weighted by Gasteiger charge is -2.06. The molecule has 0 aliphatic heterocycles. The number of benzene rings is 1. The molecule has 0 aliphatic rings. The van der Waals surface area contributed by atoms with Crippen molar-refractivity contribution in [3.05, 3.63) is 46.7 Å². The van der Waals surface area contributed by atoms with Crippen molar-refractivity contribution in [1.82, 2.24) is 9.97 Å². The maximum Gasteiger partial charge on any atom is 0.228 e. The molecule has 0 radical (unpaired) electrons. The van der Waals surface area contributed by atoms with Gasteiger partial charge < -0.3 is 5.32 Å². The lowest BCUT2D eigenvalue weighted by atomic mass is 10.2. The van der Waals surface area contributed by atoms with E-state index in [0.29, 0.717) is 11.1 Å². The molecule has 1 N–H and O–H groups in total. The molecule has 4 heteroatoms. The van der Waals surface area contributed by atoms with Gasteiger partial charge in [0.1, 0.15) is 5.15 Å². The summed E-state index contributed by atoms with van der Waals surface area (Å²) in [5, 5.41) is 3.60. The van der Waals surface area contributed by atoms with Gasteiger partial charge >= 0.3 is 0 Å². The summed E-state index contributed by atoms with van der Waals surface area (Å²) in [6.07, 6.45) is 0.838. The average Bonchev–Trinajstić information content (AvgIpc) is 2.31. The standard InChI is InChI=1S/C13H14ClN3/c1-3-10-8-12(14)17-13(15-10)16-11-6-4-9(2)5-7-11/h4-8H,3H2,1-2H3,(H,15,16,17). The van der Waals surface area contributed by atoms with Gasteiger partial charge in [0.2, 0.25) is 5.95 Å². The van der Waals surface area contributed by atoms with Crippen molar-refractivity contribution in [2.24, 2.45) is 0 Å². The normalized spacial score (nSPS) is 10.3. The van der Waals surface area contributed by atoms with Crippen LogP contribution in [-0.2, 0) is 6.42 Å². The molecule has 2 rings (SSSR count). The van der Waals surface area contributed by atoms with E-state index in [-0.39, 0.29) is 0 Å². The zero-order valence-corrected chi connectivity index (χ0v) is 10.6. The van der Waals surface area contributed by atoms with E-state index in [2.05, 4.69) is 22.2 Å². The molecule has 1 aromatic carbocycles. The van der Waals surface area contributed by atoms with Gasteiger partial charge in [0, 0.05) is 11.4 Å². The smallest absolute Gasteiger partial charge is 0.228 e. The SMILES string of the molecule is CCc1cc(Cl)nc(Nc2ccc(C)cc2)n1. The molecule has 0 atom stereocenters. The Hall–Kier alpha value is -1.61. The Labute approximate surface area is 106 Å². The Morgan fingerprint density at radius 3 is 2.53 bits per heavy atom. The minimum absolute atomic E-state index is 0.464. The maximum absolute atomic E-state index is 5.93. The van der Waals surface area contributed by atoms with E-state index < -0.39 is 0 Å². The monoisotopic (exact) mass is 247 g/mol. The quantitative estimate of drug-likeness (QED) is 0.840. The second-order valence-corrected chi connectivity index (χ2v) is 4.24. The highest BCUT2D eigenvalue weighted by atomic mass is 35.5. The van der Waals surface area contributed by atoms with Crippen LogP contribution >= 0.6 is 11.6 Å².